The zero-order chi connectivity index (χ0) is 11.7. The molecule has 1 heterocycles. The Morgan fingerprint density at radius 1 is 1.38 bits per heavy atom. The van der Waals surface area contributed by atoms with Crippen LogP contribution in [0, 0.1) is 13.8 Å². The van der Waals surface area contributed by atoms with Crippen LogP contribution < -0.4 is 11.1 Å². The molecule has 0 spiro atoms. The Labute approximate surface area is 96.0 Å². The number of hydrogen-bond acceptors (Lipinski definition) is 2. The van der Waals surface area contributed by atoms with Gasteiger partial charge in [-0.2, -0.15) is 0 Å². The minimum absolute atomic E-state index is 0.0261. The van der Waals surface area contributed by atoms with Crippen LogP contribution in [-0.4, -0.2) is 11.9 Å². The number of amides is 1. The molecule has 1 aromatic rings. The lowest BCUT2D eigenvalue weighted by molar-refractivity contribution is -0.123. The molecule has 3 heteroatoms. The molecule has 0 radical (unpaired) electrons. The highest BCUT2D eigenvalue weighted by Crippen LogP contribution is 2.26. The maximum atomic E-state index is 11.4. The van der Waals surface area contributed by atoms with E-state index in [9.17, 15) is 4.79 Å². The van der Waals surface area contributed by atoms with E-state index in [1.807, 2.05) is 6.07 Å². The molecule has 3 nitrogen and oxygen atoms in total. The van der Waals surface area contributed by atoms with Crippen LogP contribution in [0.15, 0.2) is 18.2 Å². The van der Waals surface area contributed by atoms with Crippen molar-refractivity contribution in [2.24, 2.45) is 5.73 Å². The average molecular weight is 218 g/mol. The van der Waals surface area contributed by atoms with Gasteiger partial charge in [0.15, 0.2) is 0 Å². The van der Waals surface area contributed by atoms with Gasteiger partial charge in [0.2, 0.25) is 5.91 Å². The molecule has 0 saturated carbocycles. The summed E-state index contributed by atoms with van der Waals surface area (Å²) >= 11 is 0. The first-order valence-corrected chi connectivity index (χ1v) is 5.70. The van der Waals surface area contributed by atoms with Crippen molar-refractivity contribution in [1.82, 2.24) is 5.32 Å². The largest absolute Gasteiger partial charge is 0.348 e. The summed E-state index contributed by atoms with van der Waals surface area (Å²) in [6, 6.07) is 6.15. The molecule has 2 rings (SSSR count). The van der Waals surface area contributed by atoms with Crippen molar-refractivity contribution in [3.63, 3.8) is 0 Å². The van der Waals surface area contributed by atoms with E-state index < -0.39 is 0 Å². The van der Waals surface area contributed by atoms with Crippen molar-refractivity contribution in [3.8, 4) is 0 Å². The van der Waals surface area contributed by atoms with E-state index in [2.05, 4.69) is 31.3 Å². The van der Waals surface area contributed by atoms with E-state index in [4.69, 9.17) is 5.73 Å². The summed E-state index contributed by atoms with van der Waals surface area (Å²) in [6.07, 6.45) is 1.31. The number of rotatable bonds is 1. The lowest BCUT2D eigenvalue weighted by atomic mass is 9.89. The van der Waals surface area contributed by atoms with Gasteiger partial charge in [0.05, 0.1) is 6.04 Å². The highest BCUT2D eigenvalue weighted by molar-refractivity contribution is 5.77. The fourth-order valence-electron chi connectivity index (χ4n) is 2.24. The second kappa shape index (κ2) is 4.26. The van der Waals surface area contributed by atoms with Gasteiger partial charge in [-0.3, -0.25) is 4.79 Å². The van der Waals surface area contributed by atoms with Crippen molar-refractivity contribution < 1.29 is 4.79 Å². The number of hydrogen-bond donors (Lipinski definition) is 2. The summed E-state index contributed by atoms with van der Waals surface area (Å²) < 4.78 is 0. The van der Waals surface area contributed by atoms with Gasteiger partial charge in [0.1, 0.15) is 0 Å². The lowest BCUT2D eigenvalue weighted by Gasteiger charge is -2.31. The Kier molecular flexibility index (Phi) is 2.97. The van der Waals surface area contributed by atoms with Gasteiger partial charge in [0, 0.05) is 12.5 Å². The Morgan fingerprint density at radius 3 is 2.88 bits per heavy atom. The average Bonchev–Trinajstić information content (AvgIpc) is 2.26. The number of aryl methyl sites for hydroxylation is 1. The molecule has 1 aromatic carbocycles. The number of carbonyl (C=O) groups excluding carboxylic acids is 1. The predicted molar refractivity (Wildman–Crippen MR) is 64.0 cm³/mol. The number of piperidine rings is 1. The first-order chi connectivity index (χ1) is 7.59. The van der Waals surface area contributed by atoms with Gasteiger partial charge >= 0.3 is 0 Å². The van der Waals surface area contributed by atoms with Crippen molar-refractivity contribution in [2.75, 3.05) is 0 Å². The maximum absolute atomic E-state index is 11.4. The van der Waals surface area contributed by atoms with Crippen LogP contribution in [0.1, 0.15) is 35.6 Å². The van der Waals surface area contributed by atoms with E-state index in [0.29, 0.717) is 6.42 Å². The molecule has 2 atom stereocenters. The van der Waals surface area contributed by atoms with Crippen LogP contribution in [0.5, 0.6) is 0 Å². The Balaban J connectivity index is 2.35. The smallest absolute Gasteiger partial charge is 0.220 e. The summed E-state index contributed by atoms with van der Waals surface area (Å²) in [4.78, 5) is 11.4. The third-order valence-corrected chi connectivity index (χ3v) is 3.43. The molecule has 0 bridgehead atoms. The summed E-state index contributed by atoms with van der Waals surface area (Å²) in [6.45, 7) is 4.16. The van der Waals surface area contributed by atoms with Crippen LogP contribution >= 0.6 is 0 Å². The maximum Gasteiger partial charge on any atom is 0.220 e. The molecule has 3 N–H and O–H groups in total. The third-order valence-electron chi connectivity index (χ3n) is 3.43. The molecule has 1 saturated heterocycles. The number of nitrogens with one attached hydrogen (secondary N) is 1. The minimum Gasteiger partial charge on any atom is -0.348 e. The lowest BCUT2D eigenvalue weighted by Crippen LogP contribution is -2.46. The Bertz CT molecular complexity index is 414. The fourth-order valence-corrected chi connectivity index (χ4v) is 2.24. The third kappa shape index (κ3) is 1.95. The second-order valence-corrected chi connectivity index (χ2v) is 4.54. The molecular weight excluding hydrogens is 200 g/mol. The topological polar surface area (TPSA) is 55.1 Å². The molecule has 86 valence electrons. The zero-order valence-corrected chi connectivity index (χ0v) is 9.79. The summed E-state index contributed by atoms with van der Waals surface area (Å²) in [5.41, 5.74) is 9.70. The quantitative estimate of drug-likeness (QED) is 0.752. The summed E-state index contributed by atoms with van der Waals surface area (Å²) in [7, 11) is 0. The second-order valence-electron chi connectivity index (χ2n) is 4.54. The van der Waals surface area contributed by atoms with E-state index in [1.54, 1.807) is 0 Å². The summed E-state index contributed by atoms with van der Waals surface area (Å²) in [5, 5.41) is 2.99. The molecular formula is C13H18N2O. The van der Waals surface area contributed by atoms with Gasteiger partial charge in [-0.1, -0.05) is 18.2 Å². The van der Waals surface area contributed by atoms with Crippen molar-refractivity contribution in [3.05, 3.63) is 34.9 Å². The van der Waals surface area contributed by atoms with Gasteiger partial charge < -0.3 is 11.1 Å². The molecule has 1 aliphatic heterocycles. The predicted octanol–water partition coefficient (Wildman–Crippen LogP) is 1.58. The summed E-state index contributed by atoms with van der Waals surface area (Å²) in [5.74, 6) is 0.104. The number of benzene rings is 1. The highest BCUT2D eigenvalue weighted by Gasteiger charge is 2.28. The van der Waals surface area contributed by atoms with E-state index in [0.717, 1.165) is 12.0 Å². The van der Waals surface area contributed by atoms with Gasteiger partial charge in [-0.15, -0.1) is 0 Å². The van der Waals surface area contributed by atoms with Crippen LogP contribution in [-0.2, 0) is 4.79 Å². The van der Waals surface area contributed by atoms with Crippen molar-refractivity contribution in [2.45, 2.75) is 38.8 Å². The number of carbonyl (C=O) groups is 1. The molecule has 16 heavy (non-hydrogen) atoms. The Morgan fingerprint density at radius 2 is 2.12 bits per heavy atom. The SMILES string of the molecule is Cc1cccc(C2NC(=O)CCC2N)c1C. The van der Waals surface area contributed by atoms with E-state index in [1.165, 1.54) is 11.1 Å². The van der Waals surface area contributed by atoms with Gasteiger partial charge in [-0.25, -0.2) is 0 Å². The molecule has 1 amide bonds. The van der Waals surface area contributed by atoms with Crippen LogP contribution in [0.2, 0.25) is 0 Å². The highest BCUT2D eigenvalue weighted by atomic mass is 16.1. The van der Waals surface area contributed by atoms with E-state index >= 15 is 0 Å². The first-order valence-electron chi connectivity index (χ1n) is 5.70. The van der Waals surface area contributed by atoms with Crippen molar-refractivity contribution >= 4 is 5.91 Å². The number of nitrogens with two attached hydrogens (primary N) is 1. The minimum atomic E-state index is -0.0267. The molecule has 1 fully saturated rings. The van der Waals surface area contributed by atoms with Gasteiger partial charge in [-0.05, 0) is 37.0 Å². The Hall–Kier alpha value is -1.35. The van der Waals surface area contributed by atoms with Crippen LogP contribution in [0.3, 0.4) is 0 Å². The van der Waals surface area contributed by atoms with Crippen LogP contribution in [0.25, 0.3) is 0 Å². The standard InChI is InChI=1S/C13H18N2O/c1-8-4-3-5-10(9(8)2)13-11(14)6-7-12(16)15-13/h3-5,11,13H,6-7,14H2,1-2H3,(H,15,16). The first kappa shape index (κ1) is 11.1. The zero-order valence-electron chi connectivity index (χ0n) is 9.79. The van der Waals surface area contributed by atoms with E-state index in [-0.39, 0.29) is 18.0 Å². The van der Waals surface area contributed by atoms with Gasteiger partial charge in [0.25, 0.3) is 0 Å². The molecule has 1 aliphatic rings. The van der Waals surface area contributed by atoms with Crippen LogP contribution in [0.4, 0.5) is 0 Å². The normalized spacial score (nSPS) is 25.3. The monoisotopic (exact) mass is 218 g/mol. The fraction of sp³-hybridized carbons (Fsp3) is 0.462. The molecule has 0 aromatic heterocycles. The van der Waals surface area contributed by atoms with Crippen molar-refractivity contribution in [1.29, 1.82) is 0 Å². The molecule has 0 aliphatic carbocycles. The molecule has 2 unspecified atom stereocenters.